The van der Waals surface area contributed by atoms with Gasteiger partial charge in [-0.3, -0.25) is 33.6 Å². The van der Waals surface area contributed by atoms with Gasteiger partial charge in [-0.2, -0.15) is 27.2 Å². The second-order valence-corrected chi connectivity index (χ2v) is 35.6. The number of hydrogen-bond donors (Lipinski definition) is 3. The number of ether oxygens (including phenoxy) is 9. The molecule has 1 aliphatic heterocycles. The van der Waals surface area contributed by atoms with E-state index in [1.807, 2.05) is 111 Å². The van der Waals surface area contributed by atoms with Crippen LogP contribution < -0.4 is 4.74 Å². The Labute approximate surface area is 639 Å². The SMILES string of the molecule is CCC(C)(C)C(=O)OC(C)OCC(F)(F)C(F)(F)F.CCC(C)(C)C(=O)OC12CC3CC(O)(CC(O)(C3)C1)C2.CCC(C)(C)C(=O)OC1C2CC3C1OC(=O)C3(C#N)C2.CCC(C)(C)C(=O)Oc1ccc(O)cc1.CCC(OC(=O)C(C)(C)CC)OC1CCCCC1.CCC1(OC(=O)C(C)(C)CC)CCCCC1. The molecular formula is C83H132F5NO19. The first-order chi connectivity index (χ1) is 49.7. The van der Waals surface area contributed by atoms with Gasteiger partial charge in [-0.15, -0.1) is 0 Å². The van der Waals surface area contributed by atoms with E-state index in [2.05, 4.69) is 22.5 Å². The molecule has 3 N–H and O–H groups in total. The van der Waals surface area contributed by atoms with Gasteiger partial charge in [0.2, 0.25) is 6.29 Å². The summed E-state index contributed by atoms with van der Waals surface area (Å²) >= 11 is 0. The summed E-state index contributed by atoms with van der Waals surface area (Å²) in [7, 11) is 0. The number of carbonyl (C=O) groups excluding carboxylic acids is 7. The van der Waals surface area contributed by atoms with E-state index in [0.717, 1.165) is 96.8 Å². The summed E-state index contributed by atoms with van der Waals surface area (Å²) in [4.78, 5) is 83.8. The molecule has 0 aromatic heterocycles. The monoisotopic (exact) mass is 1540 g/mol. The number of nitriles is 1. The summed E-state index contributed by atoms with van der Waals surface area (Å²) in [6.45, 7) is 37.0. The molecule has 20 nitrogen and oxygen atoms in total. The molecule has 618 valence electrons. The molecule has 10 rings (SSSR count). The molecule has 0 spiro atoms. The smallest absolute Gasteiger partial charge is 0.455 e. The summed E-state index contributed by atoms with van der Waals surface area (Å²) < 4.78 is 109. The number of hydrogen-bond acceptors (Lipinski definition) is 20. The number of fused-ring (bicyclic) bond motifs is 1. The summed E-state index contributed by atoms with van der Waals surface area (Å²) in [5.41, 5.74) is -6.57. The second-order valence-electron chi connectivity index (χ2n) is 35.6. The quantitative estimate of drug-likeness (QED) is 0.0269. The molecule has 6 bridgehead atoms. The maximum atomic E-state index is 12.5. The van der Waals surface area contributed by atoms with Gasteiger partial charge in [0.1, 0.15) is 41.5 Å². The molecule has 9 aliphatic rings. The third-order valence-electron chi connectivity index (χ3n) is 24.3. The van der Waals surface area contributed by atoms with Gasteiger partial charge in [0.25, 0.3) is 0 Å². The molecular weight excluding hydrogens is 1410 g/mol. The standard InChI is InChI=1S/C16H26O4.C15H19NO4.C15H28O3.C14H26O2.C12H16O3.C11H17F5O3/c1-4-13(2,3)12(17)20-16-7-11-5-14(18,9-16)8-15(19,6-11)10-16;1-4-14(2,3)12(17)19-10-8-5-9-11(10)20-13(18)15(9,6-8)7-16;1-5-13(17-12-10-8-7-9-11-12)18-14(16)15(3,4)6-2;1-5-13(3,4)12(15)16-14(6-2)10-8-7-9-11-14;1-4-12(2,3)11(14)15-10-7-5-9(13)6-8-10;1-5-9(3,4)8(17)19-7(2)18-6-10(12,13)11(14,15)16/h11,18-19H,4-10H2,1-3H3;8-11H,4-6H2,1-3H3;12-13H,5-11H2,1-4H3;5-11H2,1-4H3;5-8,13H,4H2,1-3H3;7H,5-6H2,1-4H3. The molecule has 1 aromatic carbocycles. The van der Waals surface area contributed by atoms with E-state index in [9.17, 15) is 71.0 Å². The number of esters is 7. The number of aromatic hydroxyl groups is 1. The fourth-order valence-electron chi connectivity index (χ4n) is 14.5. The molecule has 9 unspecified atom stereocenters. The largest absolute Gasteiger partial charge is 0.508 e. The van der Waals surface area contributed by atoms with Gasteiger partial charge in [0.05, 0.1) is 55.9 Å². The normalized spacial score (nSPS) is 26.8. The van der Waals surface area contributed by atoms with Crippen LogP contribution in [0.5, 0.6) is 11.5 Å². The highest BCUT2D eigenvalue weighted by Gasteiger charge is 2.73. The lowest BCUT2D eigenvalue weighted by Crippen LogP contribution is -2.67. The highest BCUT2D eigenvalue weighted by Crippen LogP contribution is 2.63. The molecule has 9 atom stereocenters. The summed E-state index contributed by atoms with van der Waals surface area (Å²) in [5, 5.41) is 39.7. The van der Waals surface area contributed by atoms with Crippen molar-refractivity contribution in [2.24, 2.45) is 55.7 Å². The predicted octanol–water partition coefficient (Wildman–Crippen LogP) is 18.4. The van der Waals surface area contributed by atoms with Gasteiger partial charge in [-0.25, -0.2) is 0 Å². The molecule has 1 heterocycles. The summed E-state index contributed by atoms with van der Waals surface area (Å²) in [6.07, 6.45) is 14.5. The average Bonchev–Trinajstić information content (AvgIpc) is 1.13. The van der Waals surface area contributed by atoms with E-state index in [0.29, 0.717) is 44.3 Å². The third-order valence-corrected chi connectivity index (χ3v) is 24.3. The fraction of sp³-hybridized carbons (Fsp3) is 0.831. The summed E-state index contributed by atoms with van der Waals surface area (Å²) in [5.74, 6) is -6.13. The van der Waals surface area contributed by atoms with Crippen LogP contribution >= 0.6 is 0 Å². The van der Waals surface area contributed by atoms with Crippen molar-refractivity contribution in [3.63, 3.8) is 0 Å². The third kappa shape index (κ3) is 24.9. The molecule has 108 heavy (non-hydrogen) atoms. The number of phenolic OH excluding ortho intramolecular Hbond substituents is 1. The Bertz CT molecular complexity index is 3160. The van der Waals surface area contributed by atoms with Crippen molar-refractivity contribution in [3.05, 3.63) is 24.3 Å². The lowest BCUT2D eigenvalue weighted by Gasteiger charge is -2.62. The van der Waals surface area contributed by atoms with Crippen LogP contribution in [-0.4, -0.2) is 129 Å². The zero-order chi connectivity index (χ0) is 82.3. The number of alkyl halides is 5. The number of halogens is 5. The second kappa shape index (κ2) is 37.7. The first-order valence-corrected chi connectivity index (χ1v) is 39.6. The first-order valence-electron chi connectivity index (χ1n) is 39.6. The lowest BCUT2D eigenvalue weighted by atomic mass is 9.50. The van der Waals surface area contributed by atoms with E-state index in [4.69, 9.17) is 38.3 Å². The van der Waals surface area contributed by atoms with E-state index >= 15 is 0 Å². The van der Waals surface area contributed by atoms with Gasteiger partial charge in [0, 0.05) is 37.5 Å². The minimum absolute atomic E-state index is 0.0150. The number of rotatable bonds is 25. The minimum Gasteiger partial charge on any atom is -0.508 e. The van der Waals surface area contributed by atoms with Crippen molar-refractivity contribution in [1.82, 2.24) is 0 Å². The molecule has 0 amide bonds. The van der Waals surface area contributed by atoms with Crippen LogP contribution in [0.2, 0.25) is 0 Å². The van der Waals surface area contributed by atoms with E-state index in [1.165, 1.54) is 50.7 Å². The van der Waals surface area contributed by atoms with Crippen LogP contribution in [0.4, 0.5) is 22.0 Å². The molecule has 1 saturated heterocycles. The Balaban J connectivity index is 0.000000275. The average molecular weight is 1540 g/mol. The molecule has 25 heteroatoms. The predicted molar refractivity (Wildman–Crippen MR) is 395 cm³/mol. The topological polar surface area (TPSA) is 287 Å². The van der Waals surface area contributed by atoms with Crippen LogP contribution in [0.25, 0.3) is 0 Å². The maximum absolute atomic E-state index is 12.5. The van der Waals surface area contributed by atoms with Crippen molar-refractivity contribution in [2.75, 3.05) is 6.61 Å². The lowest BCUT2D eigenvalue weighted by molar-refractivity contribution is -0.307. The minimum atomic E-state index is -5.70. The van der Waals surface area contributed by atoms with Crippen LogP contribution in [0, 0.1) is 67.0 Å². The Morgan fingerprint density at radius 3 is 1.50 bits per heavy atom. The number of phenols is 1. The highest BCUT2D eigenvalue weighted by atomic mass is 19.4. The van der Waals surface area contributed by atoms with Gasteiger partial charge in [0.15, 0.2) is 11.7 Å². The first kappa shape index (κ1) is 94.7. The Hall–Kier alpha value is -5.71. The number of nitrogens with zero attached hydrogens (tertiary/aromatic N) is 1. The Kier molecular flexibility index (Phi) is 33.1. The van der Waals surface area contributed by atoms with Crippen LogP contribution in [-0.2, 0) is 71.5 Å². The van der Waals surface area contributed by atoms with Crippen molar-refractivity contribution in [3.8, 4) is 17.6 Å². The summed E-state index contributed by atoms with van der Waals surface area (Å²) in [6, 6.07) is 8.26. The zero-order valence-corrected chi connectivity index (χ0v) is 68.7. The van der Waals surface area contributed by atoms with Crippen molar-refractivity contribution in [2.45, 2.75) is 378 Å². The van der Waals surface area contributed by atoms with E-state index < -0.39 is 92.3 Å². The van der Waals surface area contributed by atoms with Gasteiger partial charge >= 0.3 is 53.9 Å². The van der Waals surface area contributed by atoms with Crippen molar-refractivity contribution in [1.29, 1.82) is 5.26 Å². The highest BCUT2D eigenvalue weighted by molar-refractivity contribution is 5.85. The van der Waals surface area contributed by atoms with Gasteiger partial charge in [-0.1, -0.05) is 81.1 Å². The van der Waals surface area contributed by atoms with E-state index in [-0.39, 0.29) is 82.9 Å². The molecule has 0 radical (unpaired) electrons. The molecule has 9 fully saturated rings. The fourth-order valence-corrected chi connectivity index (χ4v) is 14.5. The molecule has 1 aromatic rings. The van der Waals surface area contributed by atoms with Crippen molar-refractivity contribution >= 4 is 41.8 Å². The van der Waals surface area contributed by atoms with Crippen LogP contribution in [0.1, 0.15) is 312 Å². The van der Waals surface area contributed by atoms with Gasteiger partial charge < -0.3 is 58.0 Å². The number of carbonyl (C=O) groups is 7. The zero-order valence-electron chi connectivity index (χ0n) is 68.7. The Morgan fingerprint density at radius 2 is 1.05 bits per heavy atom. The van der Waals surface area contributed by atoms with Crippen molar-refractivity contribution < 1.29 is 113 Å². The number of benzene rings is 1. The van der Waals surface area contributed by atoms with Gasteiger partial charge in [-0.05, 0) is 236 Å². The van der Waals surface area contributed by atoms with Crippen LogP contribution in [0.15, 0.2) is 24.3 Å². The molecule has 8 aliphatic carbocycles. The van der Waals surface area contributed by atoms with Crippen LogP contribution in [0.3, 0.4) is 0 Å². The number of aliphatic hydroxyl groups is 2. The maximum Gasteiger partial charge on any atom is 0.455 e. The Morgan fingerprint density at radius 1 is 0.593 bits per heavy atom. The molecule has 8 saturated carbocycles. The van der Waals surface area contributed by atoms with E-state index in [1.54, 1.807) is 32.9 Å².